The highest BCUT2D eigenvalue weighted by Gasteiger charge is 2.34. The molecule has 1 amide bonds. The fraction of sp³-hybridized carbons (Fsp3) is 0.423. The summed E-state index contributed by atoms with van der Waals surface area (Å²) < 4.78 is 43.9. The van der Waals surface area contributed by atoms with Crippen molar-refractivity contribution in [3.05, 3.63) is 80.3 Å². The van der Waals surface area contributed by atoms with Crippen LogP contribution in [0.1, 0.15) is 47.6 Å². The molecule has 2 fully saturated rings. The molecule has 2 aliphatic heterocycles. The van der Waals surface area contributed by atoms with E-state index in [9.17, 15) is 27.6 Å². The minimum atomic E-state index is -0.640. The van der Waals surface area contributed by atoms with Crippen molar-refractivity contribution in [2.45, 2.75) is 51.2 Å². The molecule has 0 aliphatic carbocycles. The van der Waals surface area contributed by atoms with Gasteiger partial charge in [0.2, 0.25) is 5.91 Å². The van der Waals surface area contributed by atoms with Gasteiger partial charge in [0.15, 0.2) is 0 Å². The fourth-order valence-electron chi connectivity index (χ4n) is 4.24. The van der Waals surface area contributed by atoms with Crippen LogP contribution in [-0.2, 0) is 9.53 Å². The molecule has 0 saturated carbocycles. The van der Waals surface area contributed by atoms with Gasteiger partial charge in [0.05, 0.1) is 30.2 Å². The maximum atomic E-state index is 13.3. The van der Waals surface area contributed by atoms with Crippen LogP contribution in [0.4, 0.5) is 13.2 Å². The van der Waals surface area contributed by atoms with Gasteiger partial charge in [-0.25, -0.2) is 18.0 Å². The first-order valence-electron chi connectivity index (χ1n) is 12.0. The molecule has 1 aromatic heterocycles. The van der Waals surface area contributed by atoms with Gasteiger partial charge < -0.3 is 15.0 Å². The van der Waals surface area contributed by atoms with E-state index in [-0.39, 0.29) is 14.1 Å². The monoisotopic (exact) mass is 524 g/mol. The number of aromatic amines is 2. The van der Waals surface area contributed by atoms with E-state index in [2.05, 4.69) is 22.2 Å². The molecule has 3 atom stereocenters. The number of hydrogen-bond acceptors (Lipinski definition) is 5. The Morgan fingerprint density at radius 2 is 1.70 bits per heavy atom. The maximum absolute atomic E-state index is 13.3. The van der Waals surface area contributed by atoms with E-state index in [1.807, 2.05) is 4.98 Å². The summed E-state index contributed by atoms with van der Waals surface area (Å²) >= 11 is 0. The number of nitrogens with one attached hydrogen (secondary N) is 3. The molecular weight excluding hydrogens is 489 g/mol. The molecule has 2 bridgehead atoms. The molecule has 1 unspecified atom stereocenters. The zero-order valence-electron chi connectivity index (χ0n) is 20.9. The molecule has 204 valence electrons. The Morgan fingerprint density at radius 3 is 2.30 bits per heavy atom. The van der Waals surface area contributed by atoms with Crippen LogP contribution >= 0.6 is 0 Å². The van der Waals surface area contributed by atoms with E-state index >= 15 is 0 Å². The summed E-state index contributed by atoms with van der Waals surface area (Å²) in [5, 5.41) is 2.74. The lowest BCUT2D eigenvalue weighted by Crippen LogP contribution is -2.42. The Bertz CT molecular complexity index is 1340. The van der Waals surface area contributed by atoms with Crippen LogP contribution in [0.5, 0.6) is 0 Å². The summed E-state index contributed by atoms with van der Waals surface area (Å²) in [5.41, 5.74) is -0.560. The number of likely N-dealkylation sites (N-methyl/N-ethyl adjacent to an activating group) is 1. The normalized spacial score (nSPS) is 19.3. The second-order valence-electron chi connectivity index (χ2n) is 8.99. The number of H-pyrrole nitrogens is 2. The van der Waals surface area contributed by atoms with Gasteiger partial charge in [-0.15, -0.1) is 0 Å². The number of aromatic nitrogens is 2. The first-order chi connectivity index (χ1) is 17.6. The number of hydrogen-bond donors (Lipinski definition) is 3. The predicted molar refractivity (Wildman–Crippen MR) is 138 cm³/mol. The third kappa shape index (κ3) is 7.53. The van der Waals surface area contributed by atoms with E-state index in [4.69, 9.17) is 4.74 Å². The lowest BCUT2D eigenvalue weighted by Gasteiger charge is -2.30. The van der Waals surface area contributed by atoms with Gasteiger partial charge in [-0.1, -0.05) is 13.0 Å². The Balaban J connectivity index is 0.000000292. The Kier molecular flexibility index (Phi) is 9.65. The minimum absolute atomic E-state index is 0. The standard InChI is InChI=1S/C11H13F2NO.C8H5FN2O2.C7H13NO.2H2/c1-3-11(15)14-7(2)9-5-4-8(12)6-10(9)13;9-4-1-2-6-5(3-4)7(12)11-8(13)10-6;1-8-6-2-3-7(8)5-9-4-6;;/h4-7H,3H2,1-2H3,(H,14,15);1-3H,(H2,10,11,12,13);6-7H,2-5H2,1H3;2*1H/t7-;;6-,7?;;/m1.1../s1. The summed E-state index contributed by atoms with van der Waals surface area (Å²) in [5.74, 6) is -1.93. The topological polar surface area (TPSA) is 107 Å². The van der Waals surface area contributed by atoms with E-state index in [1.54, 1.807) is 13.8 Å². The number of benzene rings is 2. The second kappa shape index (κ2) is 12.7. The molecule has 0 radical (unpaired) electrons. The first-order valence-corrected chi connectivity index (χ1v) is 12.0. The van der Waals surface area contributed by atoms with Crippen LogP contribution in [-0.4, -0.2) is 53.1 Å². The Hall–Kier alpha value is -3.44. The number of rotatable bonds is 3. The van der Waals surface area contributed by atoms with E-state index in [0.717, 1.165) is 37.4 Å². The van der Waals surface area contributed by atoms with Gasteiger partial charge in [-0.05, 0) is 51.1 Å². The zero-order valence-corrected chi connectivity index (χ0v) is 20.9. The number of carbonyl (C=O) groups is 1. The minimum Gasteiger partial charge on any atom is -0.378 e. The lowest BCUT2D eigenvalue weighted by molar-refractivity contribution is -0.121. The molecule has 37 heavy (non-hydrogen) atoms. The average Bonchev–Trinajstić information content (AvgIpc) is 3.04. The molecule has 3 aromatic rings. The van der Waals surface area contributed by atoms with Crippen molar-refractivity contribution in [1.29, 1.82) is 0 Å². The molecule has 2 saturated heterocycles. The van der Waals surface area contributed by atoms with Crippen LogP contribution in [0.3, 0.4) is 0 Å². The second-order valence-corrected chi connectivity index (χ2v) is 8.99. The highest BCUT2D eigenvalue weighted by atomic mass is 19.1. The highest BCUT2D eigenvalue weighted by molar-refractivity contribution is 5.77. The van der Waals surface area contributed by atoms with Crippen molar-refractivity contribution >= 4 is 16.8 Å². The van der Waals surface area contributed by atoms with E-state index < -0.39 is 34.7 Å². The highest BCUT2D eigenvalue weighted by Crippen LogP contribution is 2.26. The van der Waals surface area contributed by atoms with E-state index in [1.165, 1.54) is 37.1 Å². The molecule has 0 spiro atoms. The molecule has 11 heteroatoms. The van der Waals surface area contributed by atoms with E-state index in [0.29, 0.717) is 17.5 Å². The van der Waals surface area contributed by atoms with Crippen LogP contribution in [0.25, 0.3) is 10.9 Å². The number of halogens is 3. The molecule has 2 aromatic carbocycles. The molecule has 2 aliphatic rings. The number of nitrogens with zero attached hydrogens (tertiary/aromatic N) is 1. The molecule has 5 rings (SSSR count). The van der Waals surface area contributed by atoms with Gasteiger partial charge in [-0.3, -0.25) is 19.5 Å². The third-order valence-corrected chi connectivity index (χ3v) is 6.43. The molecule has 8 nitrogen and oxygen atoms in total. The van der Waals surface area contributed by atoms with Gasteiger partial charge in [0.25, 0.3) is 5.56 Å². The lowest BCUT2D eigenvalue weighted by atomic mass is 10.1. The summed E-state index contributed by atoms with van der Waals surface area (Å²) in [7, 11) is 2.21. The van der Waals surface area contributed by atoms with Crippen LogP contribution in [0.2, 0.25) is 0 Å². The summed E-state index contributed by atoms with van der Waals surface area (Å²) in [6, 6.07) is 7.95. The Morgan fingerprint density at radius 1 is 1.08 bits per heavy atom. The quantitative estimate of drug-likeness (QED) is 0.482. The summed E-state index contributed by atoms with van der Waals surface area (Å²) in [6.07, 6.45) is 3.04. The number of carbonyl (C=O) groups excluding carboxylic acids is 1. The van der Waals surface area contributed by atoms with Crippen molar-refractivity contribution in [2.75, 3.05) is 20.3 Å². The smallest absolute Gasteiger partial charge is 0.326 e. The molecule has 3 N–H and O–H groups in total. The Labute approximate surface area is 214 Å². The molecule has 3 heterocycles. The van der Waals surface area contributed by atoms with Gasteiger partial charge >= 0.3 is 5.69 Å². The fourth-order valence-corrected chi connectivity index (χ4v) is 4.24. The number of ether oxygens (including phenoxy) is 1. The third-order valence-electron chi connectivity index (χ3n) is 6.43. The van der Waals surface area contributed by atoms with Crippen LogP contribution in [0, 0.1) is 17.5 Å². The van der Waals surface area contributed by atoms with Gasteiger partial charge in [0.1, 0.15) is 17.5 Å². The van der Waals surface area contributed by atoms with Crippen LogP contribution in [0.15, 0.2) is 46.0 Å². The summed E-state index contributed by atoms with van der Waals surface area (Å²) in [6.45, 7) is 5.30. The SMILES string of the molecule is CCC(=O)N[C@H](C)c1ccc(F)cc1F.CN1C2CC[C@@H]1COC2.O=c1[nH]c(=O)c2cc(F)ccc2[nH]1.[HH].[HH]. The van der Waals surface area contributed by atoms with Gasteiger partial charge in [0, 0.05) is 33.0 Å². The van der Waals surface area contributed by atoms with Crippen molar-refractivity contribution in [3.63, 3.8) is 0 Å². The van der Waals surface area contributed by atoms with Crippen LogP contribution < -0.4 is 16.6 Å². The number of fused-ring (bicyclic) bond motifs is 3. The summed E-state index contributed by atoms with van der Waals surface area (Å²) in [4.78, 5) is 39.8. The largest absolute Gasteiger partial charge is 0.378 e. The van der Waals surface area contributed by atoms with Crippen molar-refractivity contribution in [1.82, 2.24) is 20.2 Å². The number of morpholine rings is 1. The average molecular weight is 525 g/mol. The van der Waals surface area contributed by atoms with Crippen molar-refractivity contribution < 1.29 is 25.6 Å². The van der Waals surface area contributed by atoms with Gasteiger partial charge in [-0.2, -0.15) is 0 Å². The van der Waals surface area contributed by atoms with Crippen molar-refractivity contribution in [2.24, 2.45) is 0 Å². The zero-order chi connectivity index (χ0) is 27.1. The first kappa shape index (κ1) is 28.1. The molecular formula is C26H35F3N4O4. The number of amides is 1. The van der Waals surface area contributed by atoms with Crippen molar-refractivity contribution in [3.8, 4) is 0 Å². The maximum Gasteiger partial charge on any atom is 0.326 e. The predicted octanol–water partition coefficient (Wildman–Crippen LogP) is 3.88.